The van der Waals surface area contributed by atoms with Gasteiger partial charge in [-0.15, -0.1) is 12.4 Å². The van der Waals surface area contributed by atoms with Crippen molar-refractivity contribution in [1.29, 1.82) is 0 Å². The van der Waals surface area contributed by atoms with Gasteiger partial charge in [0.25, 0.3) is 0 Å². The number of rotatable bonds is 6. The van der Waals surface area contributed by atoms with Crippen LogP contribution in [0.4, 0.5) is 0 Å². The second kappa shape index (κ2) is 8.21. The molecule has 1 aliphatic rings. The first-order chi connectivity index (χ1) is 9.97. The summed E-state index contributed by atoms with van der Waals surface area (Å²) in [6, 6.07) is 3.28. The molecule has 126 valence electrons. The summed E-state index contributed by atoms with van der Waals surface area (Å²) in [4.78, 5) is 4.24. The van der Waals surface area contributed by atoms with Crippen molar-refractivity contribution < 1.29 is 13.2 Å². The van der Waals surface area contributed by atoms with Crippen LogP contribution in [0.5, 0.6) is 0 Å². The van der Waals surface area contributed by atoms with E-state index >= 15 is 0 Å². The van der Waals surface area contributed by atoms with Gasteiger partial charge in [-0.2, -0.15) is 0 Å². The van der Waals surface area contributed by atoms with Gasteiger partial charge >= 0.3 is 0 Å². The number of piperidine rings is 1. The second-order valence-electron chi connectivity index (χ2n) is 5.64. The number of nitrogens with one attached hydrogen (secondary N) is 2. The summed E-state index contributed by atoms with van der Waals surface area (Å²) in [5, 5.41) is 3.29. The Morgan fingerprint density at radius 3 is 2.59 bits per heavy atom. The highest BCUT2D eigenvalue weighted by molar-refractivity contribution is 7.89. The van der Waals surface area contributed by atoms with Crippen LogP contribution in [0.2, 0.25) is 0 Å². The van der Waals surface area contributed by atoms with Crippen LogP contribution in [0.3, 0.4) is 0 Å². The van der Waals surface area contributed by atoms with E-state index in [9.17, 15) is 8.42 Å². The molecule has 0 bridgehead atoms. The molecule has 1 fully saturated rings. The first-order valence-corrected chi connectivity index (χ1v) is 8.58. The van der Waals surface area contributed by atoms with Gasteiger partial charge in [-0.1, -0.05) is 0 Å². The lowest BCUT2D eigenvalue weighted by Crippen LogP contribution is -2.47. The molecule has 1 saturated heterocycles. The number of aromatic nitrogens is 1. The molecule has 2 rings (SSSR count). The fourth-order valence-corrected chi connectivity index (χ4v) is 3.68. The molecule has 0 radical (unpaired) electrons. The zero-order chi connectivity index (χ0) is 15.3. The van der Waals surface area contributed by atoms with E-state index in [1.54, 1.807) is 19.2 Å². The number of ether oxygens (including phenoxy) is 1. The van der Waals surface area contributed by atoms with Gasteiger partial charge in [-0.05, 0) is 45.0 Å². The maximum Gasteiger partial charge on any atom is 0.242 e. The van der Waals surface area contributed by atoms with Crippen LogP contribution in [0.15, 0.2) is 23.2 Å². The van der Waals surface area contributed by atoms with E-state index in [0.717, 1.165) is 31.6 Å². The molecule has 0 unspecified atom stereocenters. The SMILES string of the molecule is COCC1(CNS(=O)(=O)c2ccc(C)nc2)CCNCC1.Cl. The monoisotopic (exact) mass is 349 g/mol. The lowest BCUT2D eigenvalue weighted by atomic mass is 9.80. The minimum Gasteiger partial charge on any atom is -0.384 e. The van der Waals surface area contributed by atoms with Crippen molar-refractivity contribution >= 4 is 22.4 Å². The normalized spacial score (nSPS) is 17.7. The van der Waals surface area contributed by atoms with Crippen LogP contribution < -0.4 is 10.0 Å². The molecule has 0 aliphatic carbocycles. The van der Waals surface area contributed by atoms with Crippen molar-refractivity contribution in [3.63, 3.8) is 0 Å². The molecule has 1 aliphatic heterocycles. The summed E-state index contributed by atoms with van der Waals surface area (Å²) >= 11 is 0. The van der Waals surface area contributed by atoms with Gasteiger partial charge in [-0.3, -0.25) is 4.98 Å². The van der Waals surface area contributed by atoms with Gasteiger partial charge in [0.05, 0.1) is 6.61 Å². The number of aryl methyl sites for hydroxylation is 1. The summed E-state index contributed by atoms with van der Waals surface area (Å²) in [6.07, 6.45) is 3.19. The first kappa shape index (κ1) is 19.3. The lowest BCUT2D eigenvalue weighted by Gasteiger charge is -2.37. The number of methoxy groups -OCH3 is 1. The molecule has 0 atom stereocenters. The molecular weight excluding hydrogens is 326 g/mol. The first-order valence-electron chi connectivity index (χ1n) is 7.09. The molecule has 8 heteroatoms. The smallest absolute Gasteiger partial charge is 0.242 e. The number of sulfonamides is 1. The van der Waals surface area contributed by atoms with E-state index in [-0.39, 0.29) is 22.7 Å². The Hall–Kier alpha value is -0.730. The van der Waals surface area contributed by atoms with Crippen LogP contribution in [-0.4, -0.2) is 46.8 Å². The topological polar surface area (TPSA) is 80.3 Å². The average molecular weight is 350 g/mol. The quantitative estimate of drug-likeness (QED) is 0.804. The van der Waals surface area contributed by atoms with Crippen LogP contribution in [0.1, 0.15) is 18.5 Å². The zero-order valence-electron chi connectivity index (χ0n) is 13.0. The number of hydrogen-bond donors (Lipinski definition) is 2. The fraction of sp³-hybridized carbons (Fsp3) is 0.643. The van der Waals surface area contributed by atoms with Crippen LogP contribution in [-0.2, 0) is 14.8 Å². The van der Waals surface area contributed by atoms with Gasteiger partial charge in [0.2, 0.25) is 10.0 Å². The summed E-state index contributed by atoms with van der Waals surface area (Å²) in [5.41, 5.74) is 0.661. The van der Waals surface area contributed by atoms with Crippen molar-refractivity contribution in [3.8, 4) is 0 Å². The van der Waals surface area contributed by atoms with Gasteiger partial charge < -0.3 is 10.1 Å². The highest BCUT2D eigenvalue weighted by Crippen LogP contribution is 2.28. The number of nitrogens with zero attached hydrogens (tertiary/aromatic N) is 1. The predicted octanol–water partition coefficient (Wildman–Crippen LogP) is 1.11. The second-order valence-corrected chi connectivity index (χ2v) is 7.41. The maximum absolute atomic E-state index is 12.3. The molecule has 0 amide bonds. The van der Waals surface area contributed by atoms with E-state index in [2.05, 4.69) is 15.0 Å². The summed E-state index contributed by atoms with van der Waals surface area (Å²) in [7, 11) is -1.87. The Kier molecular flexibility index (Phi) is 7.21. The van der Waals surface area contributed by atoms with Crippen molar-refractivity contribution in [2.45, 2.75) is 24.7 Å². The Morgan fingerprint density at radius 1 is 1.36 bits per heavy atom. The Labute approximate surface area is 138 Å². The standard InChI is InChI=1S/C14H23N3O3S.ClH/c1-12-3-4-13(9-16-12)21(18,19)17-10-14(11-20-2)5-7-15-8-6-14;/h3-4,9,15,17H,5-8,10-11H2,1-2H3;1H. The molecule has 2 N–H and O–H groups in total. The summed E-state index contributed by atoms with van der Waals surface area (Å²) < 4.78 is 32.7. The van der Waals surface area contributed by atoms with Gasteiger partial charge in [0, 0.05) is 31.0 Å². The Morgan fingerprint density at radius 2 is 2.05 bits per heavy atom. The molecular formula is C14H24ClN3O3S. The summed E-state index contributed by atoms with van der Waals surface area (Å²) in [5.74, 6) is 0. The number of halogens is 1. The zero-order valence-corrected chi connectivity index (χ0v) is 14.6. The molecule has 1 aromatic heterocycles. The van der Waals surface area contributed by atoms with Gasteiger partial charge in [-0.25, -0.2) is 13.1 Å². The van der Waals surface area contributed by atoms with Crippen LogP contribution in [0, 0.1) is 12.3 Å². The van der Waals surface area contributed by atoms with Gasteiger partial charge in [0.15, 0.2) is 0 Å². The summed E-state index contributed by atoms with van der Waals surface area (Å²) in [6.45, 7) is 4.54. The largest absolute Gasteiger partial charge is 0.384 e. The number of hydrogen-bond acceptors (Lipinski definition) is 5. The third-order valence-electron chi connectivity index (χ3n) is 3.95. The lowest BCUT2D eigenvalue weighted by molar-refractivity contribution is 0.0577. The molecule has 0 spiro atoms. The predicted molar refractivity (Wildman–Crippen MR) is 87.8 cm³/mol. The number of pyridine rings is 1. The highest BCUT2D eigenvalue weighted by atomic mass is 35.5. The van der Waals surface area contributed by atoms with Crippen LogP contribution >= 0.6 is 12.4 Å². The molecule has 6 nitrogen and oxygen atoms in total. The van der Waals surface area contributed by atoms with E-state index in [1.165, 1.54) is 6.20 Å². The van der Waals surface area contributed by atoms with Crippen molar-refractivity contribution in [3.05, 3.63) is 24.0 Å². The third kappa shape index (κ3) is 4.89. The van der Waals surface area contributed by atoms with E-state index in [0.29, 0.717) is 13.2 Å². The van der Waals surface area contributed by atoms with Crippen molar-refractivity contribution in [2.75, 3.05) is 33.4 Å². The van der Waals surface area contributed by atoms with Gasteiger partial charge in [0.1, 0.15) is 4.90 Å². The van der Waals surface area contributed by atoms with E-state index < -0.39 is 10.0 Å². The molecule has 22 heavy (non-hydrogen) atoms. The average Bonchev–Trinajstić information content (AvgIpc) is 2.47. The molecule has 0 saturated carbocycles. The fourth-order valence-electron chi connectivity index (χ4n) is 2.58. The third-order valence-corrected chi connectivity index (χ3v) is 5.33. The minimum atomic E-state index is -3.52. The Balaban J connectivity index is 0.00000242. The minimum absolute atomic E-state index is 0. The van der Waals surface area contributed by atoms with Crippen molar-refractivity contribution in [1.82, 2.24) is 15.0 Å². The molecule has 1 aromatic rings. The van der Waals surface area contributed by atoms with E-state index in [4.69, 9.17) is 4.74 Å². The van der Waals surface area contributed by atoms with E-state index in [1.807, 2.05) is 6.92 Å². The maximum atomic E-state index is 12.3. The van der Waals surface area contributed by atoms with Crippen LogP contribution in [0.25, 0.3) is 0 Å². The Bertz CT molecular complexity index is 552. The molecule has 0 aromatic carbocycles. The highest BCUT2D eigenvalue weighted by Gasteiger charge is 2.33. The van der Waals surface area contributed by atoms with Crippen molar-refractivity contribution in [2.24, 2.45) is 5.41 Å². The molecule has 2 heterocycles.